The minimum Gasteiger partial charge on any atom is -0.0483 e. The lowest BCUT2D eigenvalue weighted by Gasteiger charge is -1.62. The molecule has 0 amide bonds. The molecule has 2 rings (SSSR count). The second-order valence-electron chi connectivity index (χ2n) is 0.937. The quantitative estimate of drug-likeness (QED) is 0.450. The van der Waals surface area contributed by atoms with Crippen LogP contribution >= 0.6 is 47.3 Å². The molecule has 5 heavy (non-hydrogen) atoms. The van der Waals surface area contributed by atoms with Crippen molar-refractivity contribution < 1.29 is 0 Å². The van der Waals surface area contributed by atoms with Crippen LogP contribution in [-0.4, -0.2) is 0 Å². The smallest absolute Gasteiger partial charge is 0.0408 e. The molecule has 0 N–H and O–H groups in total. The van der Waals surface area contributed by atoms with Crippen LogP contribution in [-0.2, 0) is 0 Å². The van der Waals surface area contributed by atoms with Crippen molar-refractivity contribution >= 4 is 47.3 Å². The Morgan fingerprint density at radius 3 is 2.20 bits per heavy atom. The molecule has 0 aromatic rings. The lowest BCUT2D eigenvalue weighted by Crippen LogP contribution is -0.761. The molecular formula is HIP4. The maximum Gasteiger partial charge on any atom is 0.0408 e. The summed E-state index contributed by atoms with van der Waals surface area (Å²) in [7, 11) is 1.92. The molecular weight excluding hydrogens is 251 g/mol. The van der Waals surface area contributed by atoms with Crippen molar-refractivity contribution in [3.8, 4) is 0 Å². The lowest BCUT2D eigenvalue weighted by molar-refractivity contribution is 5.48. The van der Waals surface area contributed by atoms with Gasteiger partial charge in [0.25, 0.3) is 0 Å². The fourth-order valence-electron chi connectivity index (χ4n) is 0.211. The number of hydrogen-bond donors (Lipinski definition) is 0. The van der Waals surface area contributed by atoms with Crippen LogP contribution in [0.25, 0.3) is 0 Å². The first-order valence-electron chi connectivity index (χ1n) is 1.24. The fourth-order valence-corrected chi connectivity index (χ4v) is 70.1. The van der Waals surface area contributed by atoms with Crippen LogP contribution in [0.3, 0.4) is 0 Å². The summed E-state index contributed by atoms with van der Waals surface area (Å²) < 4.78 is 0.477. The van der Waals surface area contributed by atoms with Crippen LogP contribution in [0.2, 0.25) is 0 Å². The van der Waals surface area contributed by atoms with Gasteiger partial charge < -0.3 is 0 Å². The molecule has 3 atom stereocenters. The van der Waals surface area contributed by atoms with Gasteiger partial charge in [-0.3, -0.25) is 0 Å². The van der Waals surface area contributed by atoms with Gasteiger partial charge in [-0.2, -0.15) is 0 Å². The van der Waals surface area contributed by atoms with Crippen LogP contribution in [0, 0.1) is 0 Å². The largest absolute Gasteiger partial charge is 0.0483 e. The highest BCUT2D eigenvalue weighted by Crippen LogP contribution is 3.24. The molecule has 0 aromatic heterocycles. The van der Waals surface area contributed by atoms with Gasteiger partial charge in [0.05, 0.1) is 0 Å². The monoisotopic (exact) mass is 252 g/mol. The van der Waals surface area contributed by atoms with E-state index in [4.69, 9.17) is 0 Å². The Morgan fingerprint density at radius 2 is 2.20 bits per heavy atom. The molecule has 0 bridgehead atoms. The van der Waals surface area contributed by atoms with E-state index < -0.39 is 0 Å². The summed E-state index contributed by atoms with van der Waals surface area (Å²) in [5.74, 6) is 0. The summed E-state index contributed by atoms with van der Waals surface area (Å²) in [6.07, 6.45) is 0.861. The molecule has 0 saturated heterocycles. The number of rotatable bonds is 0. The molecule has 0 aromatic carbocycles. The van der Waals surface area contributed by atoms with Crippen LogP contribution in [0.4, 0.5) is 0 Å². The average Bonchev–Trinajstić information content (AvgIpc) is 2.11. The summed E-state index contributed by atoms with van der Waals surface area (Å²) in [6.45, 7) is 0.861. The maximum absolute atomic E-state index is 2.68. The van der Waals surface area contributed by atoms with Gasteiger partial charge in [0, 0.05) is 11.5 Å². The van der Waals surface area contributed by atoms with Crippen molar-refractivity contribution in [3.63, 3.8) is 0 Å². The molecule has 0 spiro atoms. The maximum atomic E-state index is 2.68. The van der Waals surface area contributed by atoms with Crippen molar-refractivity contribution in [3.05, 3.63) is 0 Å². The Bertz CT molecular complexity index is 158. The van der Waals surface area contributed by atoms with Crippen LogP contribution in [0.1, 0.15) is 0 Å². The van der Waals surface area contributed by atoms with E-state index in [-0.39, 0.29) is 0 Å². The Kier molecular flexibility index (Phi) is 0.922. The first-order chi connectivity index (χ1) is 2.39. The molecule has 0 saturated carbocycles. The number of halogens is 1. The highest BCUT2D eigenvalue weighted by Gasteiger charge is 2.37. The zero-order valence-corrected chi connectivity index (χ0v) is 8.06. The van der Waals surface area contributed by atoms with E-state index in [1.54, 1.807) is 0 Å². The number of hydrogen-bond acceptors (Lipinski definition) is 0. The van der Waals surface area contributed by atoms with E-state index in [0.717, 1.165) is 13.2 Å². The van der Waals surface area contributed by atoms with Crippen LogP contribution in [0.5, 0.6) is 0 Å². The number of fused-ring (bicyclic) bond motifs is 1. The van der Waals surface area contributed by atoms with E-state index in [9.17, 15) is 0 Å². The van der Waals surface area contributed by atoms with Gasteiger partial charge in [0.1, 0.15) is 0 Å². The molecule has 2 aliphatic rings. The van der Waals surface area contributed by atoms with Crippen molar-refractivity contribution in [2.45, 2.75) is 0 Å². The van der Waals surface area contributed by atoms with Gasteiger partial charge in [0.15, 0.2) is 0 Å². The van der Waals surface area contributed by atoms with Crippen molar-refractivity contribution in [1.29, 1.82) is 0 Å². The Balaban J connectivity index is 2.87. The Hall–Kier alpha value is 2.19. The van der Waals surface area contributed by atoms with Gasteiger partial charge in [0.2, 0.25) is 0 Å². The summed E-state index contributed by atoms with van der Waals surface area (Å²) in [6, 6.07) is 0. The van der Waals surface area contributed by atoms with Crippen molar-refractivity contribution in [2.24, 2.45) is 0 Å². The van der Waals surface area contributed by atoms with Crippen LogP contribution < -0.4 is 0 Å². The highest BCUT2D eigenvalue weighted by molar-refractivity contribution is 14.2. The van der Waals surface area contributed by atoms with Gasteiger partial charge in [-0.15, -0.1) is 0 Å². The molecule has 0 aliphatic carbocycles. The third kappa shape index (κ3) is 0.540. The third-order valence-corrected chi connectivity index (χ3v) is 54.2. The van der Waals surface area contributed by atoms with Crippen LogP contribution in [0.15, 0.2) is 0 Å². The summed E-state index contributed by atoms with van der Waals surface area (Å²) in [4.78, 5) is 0. The first-order valence-corrected chi connectivity index (χ1v) is 13.2. The highest BCUT2D eigenvalue weighted by atomic mass is 127. The minimum absolute atomic E-state index is 0.477. The average molecular weight is 252 g/mol. The zero-order chi connectivity index (χ0) is 3.44. The standard InChI is InChI=1S/HIP4/c1-3-4-2-5(3)4/h3H. The molecule has 0 fully saturated rings. The van der Waals surface area contributed by atoms with E-state index in [1.165, 1.54) is 0 Å². The van der Waals surface area contributed by atoms with E-state index in [2.05, 4.69) is 22.0 Å². The van der Waals surface area contributed by atoms with E-state index in [0.29, 0.717) is 4.54 Å². The summed E-state index contributed by atoms with van der Waals surface area (Å²) in [5.41, 5.74) is 0. The predicted octanol–water partition coefficient (Wildman–Crippen LogP) is 4.06. The van der Waals surface area contributed by atoms with E-state index in [1.807, 2.05) is 7.56 Å². The lowest BCUT2D eigenvalue weighted by atomic mass is 29.6. The second kappa shape index (κ2) is 1.12. The molecule has 0 radical (unpaired) electrons. The molecule has 0 nitrogen and oxygen atoms in total. The molecule has 2 heterocycles. The van der Waals surface area contributed by atoms with E-state index >= 15 is 0 Å². The fraction of sp³-hybridized carbons (Fsp3) is 0. The third-order valence-electron chi connectivity index (χ3n) is 0.609. The van der Waals surface area contributed by atoms with Gasteiger partial charge in [-0.1, -0.05) is 0 Å². The predicted molar refractivity (Wildman–Crippen MR) is 43.1 cm³/mol. The second-order valence-corrected chi connectivity index (χ2v) is 30.9. The van der Waals surface area contributed by atoms with Gasteiger partial charge in [-0.05, 0) is 35.8 Å². The van der Waals surface area contributed by atoms with Gasteiger partial charge in [-0.25, -0.2) is 0 Å². The normalized spacial score (nSPS) is 64.6. The Morgan fingerprint density at radius 1 is 1.80 bits per heavy atom. The molecule has 5 heteroatoms. The molecule has 3 unspecified atom stereocenters. The summed E-state index contributed by atoms with van der Waals surface area (Å²) in [5, 5.41) is 0. The van der Waals surface area contributed by atoms with Crippen molar-refractivity contribution in [2.75, 3.05) is 0 Å². The zero-order valence-electron chi connectivity index (χ0n) is 2.22. The SMILES string of the molecule is I[PH]1=P2=PP21. The van der Waals surface area contributed by atoms with Gasteiger partial charge >= 0.3 is 0 Å². The first kappa shape index (κ1) is 4.11. The Labute approximate surface area is 47.3 Å². The topological polar surface area (TPSA) is 0 Å². The molecule has 2 aliphatic heterocycles. The summed E-state index contributed by atoms with van der Waals surface area (Å²) >= 11 is 2.68. The molecule has 28 valence electrons. The van der Waals surface area contributed by atoms with Crippen molar-refractivity contribution in [1.82, 2.24) is 0 Å². The minimum atomic E-state index is 0.477.